The molecule has 2 N–H and O–H groups in total. The summed E-state index contributed by atoms with van der Waals surface area (Å²) in [6.07, 6.45) is 0. The van der Waals surface area contributed by atoms with Crippen LogP contribution in [-0.4, -0.2) is 64.2 Å². The molecule has 3 rings (SSSR count). The Morgan fingerprint density at radius 3 is 2.29 bits per heavy atom. The van der Waals surface area contributed by atoms with Crippen molar-refractivity contribution in [3.63, 3.8) is 0 Å². The topological polar surface area (TPSA) is 85.5 Å². The molecule has 28 heavy (non-hydrogen) atoms. The molecular weight excluding hydrogens is 387 g/mol. The molecule has 0 unspecified atom stereocenters. The number of hydrogen-bond donors (Lipinski definition) is 2. The van der Waals surface area contributed by atoms with Gasteiger partial charge in [0.25, 0.3) is 5.91 Å². The summed E-state index contributed by atoms with van der Waals surface area (Å²) in [5.41, 5.74) is 0.395. The van der Waals surface area contributed by atoms with Gasteiger partial charge in [0.15, 0.2) is 0 Å². The van der Waals surface area contributed by atoms with Crippen LogP contribution in [0.4, 0.5) is 4.39 Å². The summed E-state index contributed by atoms with van der Waals surface area (Å²) in [6.45, 7) is 6.54. The number of hydrogen-bond acceptors (Lipinski definition) is 3. The number of piperazine rings is 1. The summed E-state index contributed by atoms with van der Waals surface area (Å²) in [6, 6.07) is 4.29. The number of H-pyrrole nitrogens is 1. The van der Waals surface area contributed by atoms with Crippen molar-refractivity contribution in [2.24, 2.45) is 0 Å². The highest BCUT2D eigenvalue weighted by atomic mass is 35.5. The zero-order valence-electron chi connectivity index (χ0n) is 15.9. The lowest BCUT2D eigenvalue weighted by molar-refractivity contribution is -0.147. The van der Waals surface area contributed by atoms with Crippen molar-refractivity contribution >= 4 is 40.2 Å². The van der Waals surface area contributed by atoms with E-state index < -0.39 is 23.2 Å². The average molecular weight is 409 g/mol. The Morgan fingerprint density at radius 1 is 1.07 bits per heavy atom. The van der Waals surface area contributed by atoms with Crippen molar-refractivity contribution in [2.75, 3.05) is 26.2 Å². The molecule has 2 heterocycles. The Morgan fingerprint density at radius 2 is 1.68 bits per heavy atom. The van der Waals surface area contributed by atoms with Gasteiger partial charge in [-0.05, 0) is 39.0 Å². The lowest BCUT2D eigenvalue weighted by Crippen LogP contribution is -2.55. The molecular formula is C19H22ClFN4O3. The van der Waals surface area contributed by atoms with Crippen molar-refractivity contribution in [3.05, 3.63) is 34.7 Å². The fraction of sp³-hybridized carbons (Fsp3) is 0.421. The number of carbonyl (C=O) groups is 3. The third-order valence-corrected chi connectivity index (χ3v) is 4.72. The maximum Gasteiger partial charge on any atom is 0.312 e. The molecule has 1 aromatic carbocycles. The van der Waals surface area contributed by atoms with Gasteiger partial charge in [0.05, 0.1) is 5.02 Å². The minimum Gasteiger partial charge on any atom is -0.350 e. The summed E-state index contributed by atoms with van der Waals surface area (Å²) in [5.74, 6) is -2.05. The number of nitrogens with zero attached hydrogens (tertiary/aromatic N) is 2. The SMILES string of the molecule is CC(C)(C)NC(=O)C(=O)N1CCN(C(=O)c2cc3cc(F)c(Cl)cc3[nH]2)CC1. The second kappa shape index (κ2) is 7.43. The summed E-state index contributed by atoms with van der Waals surface area (Å²) in [4.78, 5) is 43.0. The third kappa shape index (κ3) is 4.27. The molecule has 3 amide bonds. The largest absolute Gasteiger partial charge is 0.350 e. The minimum absolute atomic E-state index is 0.0194. The third-order valence-electron chi connectivity index (χ3n) is 4.43. The summed E-state index contributed by atoms with van der Waals surface area (Å²) >= 11 is 5.78. The van der Waals surface area contributed by atoms with Gasteiger partial charge in [-0.1, -0.05) is 11.6 Å². The lowest BCUT2D eigenvalue weighted by atomic mass is 10.1. The number of halogens is 2. The molecule has 0 atom stereocenters. The van der Waals surface area contributed by atoms with E-state index in [9.17, 15) is 18.8 Å². The molecule has 1 saturated heterocycles. The molecule has 9 heteroatoms. The van der Waals surface area contributed by atoms with Gasteiger partial charge in [-0.25, -0.2) is 4.39 Å². The summed E-state index contributed by atoms with van der Waals surface area (Å²) in [5, 5.41) is 3.18. The van der Waals surface area contributed by atoms with Crippen LogP contribution in [-0.2, 0) is 9.59 Å². The van der Waals surface area contributed by atoms with Gasteiger partial charge in [0, 0.05) is 42.6 Å². The van der Waals surface area contributed by atoms with E-state index in [1.54, 1.807) is 31.7 Å². The Hall–Kier alpha value is -2.61. The zero-order valence-corrected chi connectivity index (χ0v) is 16.7. The first-order chi connectivity index (χ1) is 13.0. The molecule has 0 spiro atoms. The first kappa shape index (κ1) is 20.1. The predicted octanol–water partition coefficient (Wildman–Crippen LogP) is 2.16. The van der Waals surface area contributed by atoms with E-state index >= 15 is 0 Å². The first-order valence-corrected chi connectivity index (χ1v) is 9.31. The van der Waals surface area contributed by atoms with Gasteiger partial charge in [-0.3, -0.25) is 14.4 Å². The van der Waals surface area contributed by atoms with Crippen LogP contribution in [0.5, 0.6) is 0 Å². The van der Waals surface area contributed by atoms with Crippen LogP contribution in [0.2, 0.25) is 5.02 Å². The minimum atomic E-state index is -0.651. The van der Waals surface area contributed by atoms with E-state index in [0.717, 1.165) is 0 Å². The summed E-state index contributed by atoms with van der Waals surface area (Å²) in [7, 11) is 0. The van der Waals surface area contributed by atoms with E-state index in [1.807, 2.05) is 0 Å². The van der Waals surface area contributed by atoms with E-state index in [1.165, 1.54) is 17.0 Å². The van der Waals surface area contributed by atoms with Crippen molar-refractivity contribution in [1.82, 2.24) is 20.1 Å². The van der Waals surface area contributed by atoms with Crippen LogP contribution < -0.4 is 5.32 Å². The molecule has 7 nitrogen and oxygen atoms in total. The number of aromatic nitrogens is 1. The highest BCUT2D eigenvalue weighted by Gasteiger charge is 2.30. The maximum absolute atomic E-state index is 13.6. The lowest BCUT2D eigenvalue weighted by Gasteiger charge is -2.34. The molecule has 1 aromatic heterocycles. The smallest absolute Gasteiger partial charge is 0.312 e. The Labute approximate surface area is 166 Å². The normalized spacial score (nSPS) is 15.0. The number of aromatic amines is 1. The van der Waals surface area contributed by atoms with Crippen LogP contribution in [0.3, 0.4) is 0 Å². The molecule has 1 aliphatic rings. The Kier molecular flexibility index (Phi) is 5.34. The summed E-state index contributed by atoms with van der Waals surface area (Å²) < 4.78 is 13.6. The van der Waals surface area contributed by atoms with Gasteiger partial charge in [0.2, 0.25) is 0 Å². The number of nitrogens with one attached hydrogen (secondary N) is 2. The number of carbonyl (C=O) groups excluding carboxylic acids is 3. The first-order valence-electron chi connectivity index (χ1n) is 8.93. The van der Waals surface area contributed by atoms with Gasteiger partial charge < -0.3 is 20.1 Å². The van der Waals surface area contributed by atoms with Gasteiger partial charge in [0.1, 0.15) is 11.5 Å². The van der Waals surface area contributed by atoms with Gasteiger partial charge in [-0.15, -0.1) is 0 Å². The van der Waals surface area contributed by atoms with E-state index in [-0.39, 0.29) is 24.0 Å². The average Bonchev–Trinajstić information content (AvgIpc) is 3.02. The molecule has 1 fully saturated rings. The molecule has 2 aromatic rings. The van der Waals surface area contributed by atoms with E-state index in [0.29, 0.717) is 29.7 Å². The van der Waals surface area contributed by atoms with Crippen molar-refractivity contribution in [1.29, 1.82) is 0 Å². The monoisotopic (exact) mass is 408 g/mol. The molecule has 0 radical (unpaired) electrons. The Bertz CT molecular complexity index is 904. The fourth-order valence-electron chi connectivity index (χ4n) is 3.06. The van der Waals surface area contributed by atoms with E-state index in [2.05, 4.69) is 10.3 Å². The van der Waals surface area contributed by atoms with Crippen LogP contribution >= 0.6 is 11.6 Å². The van der Waals surface area contributed by atoms with Crippen LogP contribution in [0, 0.1) is 5.82 Å². The predicted molar refractivity (Wildman–Crippen MR) is 104 cm³/mol. The van der Waals surface area contributed by atoms with Crippen molar-refractivity contribution in [3.8, 4) is 0 Å². The highest BCUT2D eigenvalue weighted by Crippen LogP contribution is 2.24. The number of rotatable bonds is 1. The van der Waals surface area contributed by atoms with Crippen LogP contribution in [0.15, 0.2) is 18.2 Å². The van der Waals surface area contributed by atoms with Gasteiger partial charge >= 0.3 is 11.8 Å². The highest BCUT2D eigenvalue weighted by molar-refractivity contribution is 6.35. The fourth-order valence-corrected chi connectivity index (χ4v) is 3.23. The van der Waals surface area contributed by atoms with Crippen LogP contribution in [0.25, 0.3) is 10.9 Å². The van der Waals surface area contributed by atoms with Gasteiger partial charge in [-0.2, -0.15) is 0 Å². The zero-order chi connectivity index (χ0) is 20.6. The Balaban J connectivity index is 1.64. The number of amides is 3. The number of benzene rings is 1. The maximum atomic E-state index is 13.6. The second-order valence-corrected chi connectivity index (χ2v) is 8.23. The standard InChI is InChI=1S/C19H22ClFN4O3/c1-19(2,3)23-16(26)18(28)25-6-4-24(5-7-25)17(27)15-9-11-8-13(21)12(20)10-14(11)22-15/h8-10,22H,4-7H2,1-3H3,(H,23,26). The van der Waals surface area contributed by atoms with Crippen LogP contribution in [0.1, 0.15) is 31.3 Å². The molecule has 1 aliphatic heterocycles. The van der Waals surface area contributed by atoms with E-state index in [4.69, 9.17) is 11.6 Å². The molecule has 0 bridgehead atoms. The quantitative estimate of drug-likeness (QED) is 0.709. The van der Waals surface area contributed by atoms with Crippen molar-refractivity contribution < 1.29 is 18.8 Å². The second-order valence-electron chi connectivity index (χ2n) is 7.83. The number of fused-ring (bicyclic) bond motifs is 1. The molecule has 0 saturated carbocycles. The molecule has 0 aliphatic carbocycles. The molecule has 150 valence electrons. The van der Waals surface area contributed by atoms with Crippen molar-refractivity contribution in [2.45, 2.75) is 26.3 Å².